The summed E-state index contributed by atoms with van der Waals surface area (Å²) in [5.41, 5.74) is 11.8. The Kier molecular flexibility index (Phi) is 6.43. The van der Waals surface area contributed by atoms with Crippen LogP contribution in [0.5, 0.6) is 0 Å². The zero-order valence-corrected chi connectivity index (χ0v) is 29.9. The summed E-state index contributed by atoms with van der Waals surface area (Å²) in [6.45, 7) is 4.66. The molecule has 250 valence electrons. The molecule has 0 radical (unpaired) electrons. The van der Waals surface area contributed by atoms with Gasteiger partial charge in [-0.1, -0.05) is 129 Å². The van der Waals surface area contributed by atoms with Crippen molar-refractivity contribution in [2.75, 3.05) is 0 Å². The summed E-state index contributed by atoms with van der Waals surface area (Å²) in [6.07, 6.45) is 0. The predicted molar refractivity (Wildman–Crippen MR) is 219 cm³/mol. The molecule has 10 aromatic rings. The number of para-hydroxylation sites is 1. The van der Waals surface area contributed by atoms with Crippen molar-refractivity contribution in [2.24, 2.45) is 0 Å². The van der Waals surface area contributed by atoms with Crippen LogP contribution in [-0.4, -0.2) is 15.0 Å². The van der Waals surface area contributed by atoms with Crippen LogP contribution < -0.4 is 0 Å². The van der Waals surface area contributed by atoms with Gasteiger partial charge in [-0.05, 0) is 69.8 Å². The zero-order chi connectivity index (χ0) is 35.3. The van der Waals surface area contributed by atoms with Gasteiger partial charge in [-0.3, -0.25) is 0 Å². The summed E-state index contributed by atoms with van der Waals surface area (Å²) in [6, 6.07) is 53.6. The maximum Gasteiger partial charge on any atom is 0.164 e. The zero-order valence-electron chi connectivity index (χ0n) is 29.1. The van der Waals surface area contributed by atoms with E-state index >= 15 is 0 Å². The second-order valence-corrected chi connectivity index (χ2v) is 15.5. The first-order valence-electron chi connectivity index (χ1n) is 17.9. The van der Waals surface area contributed by atoms with Crippen molar-refractivity contribution >= 4 is 53.4 Å². The molecule has 1 aliphatic carbocycles. The van der Waals surface area contributed by atoms with Crippen LogP contribution in [0.3, 0.4) is 0 Å². The van der Waals surface area contributed by atoms with E-state index in [1.807, 2.05) is 30.3 Å². The number of nitrogens with zero attached hydrogens (tertiary/aromatic N) is 3. The highest BCUT2D eigenvalue weighted by molar-refractivity contribution is 7.25. The topological polar surface area (TPSA) is 51.8 Å². The number of rotatable bonds is 4. The molecular formula is C48H31N3OS. The molecule has 0 atom stereocenters. The summed E-state index contributed by atoms with van der Waals surface area (Å²) < 4.78 is 9.08. The van der Waals surface area contributed by atoms with Gasteiger partial charge in [0.1, 0.15) is 11.2 Å². The van der Waals surface area contributed by atoms with E-state index in [0.29, 0.717) is 17.5 Å². The van der Waals surface area contributed by atoms with E-state index in [2.05, 4.69) is 135 Å². The van der Waals surface area contributed by atoms with Crippen molar-refractivity contribution in [3.8, 4) is 56.4 Å². The van der Waals surface area contributed by atoms with Crippen LogP contribution in [0.4, 0.5) is 0 Å². The molecule has 4 nitrogen and oxygen atoms in total. The standard InChI is InChI=1S/C48H31N3OS/c1-48(2)38-17-9-6-14-32(38)33-22-20-29(25-39(33)48)37-24-31(26-41-44(37)36-16-7-10-18-40(36)52-41)47-50-45(28-12-4-3-5-13-28)49-46(51-47)30-21-23-35-34-15-8-11-19-42(34)53-43(35)27-30/h3-27H,1-2H3. The average Bonchev–Trinajstić information content (AvgIpc) is 3.85. The molecule has 3 heterocycles. The van der Waals surface area contributed by atoms with Gasteiger partial charge in [0.25, 0.3) is 0 Å². The Morgan fingerprint density at radius 2 is 1.09 bits per heavy atom. The lowest BCUT2D eigenvalue weighted by molar-refractivity contribution is 0.660. The molecular weight excluding hydrogens is 667 g/mol. The Morgan fingerprint density at radius 1 is 0.434 bits per heavy atom. The van der Waals surface area contributed by atoms with Crippen molar-refractivity contribution < 1.29 is 4.42 Å². The SMILES string of the molecule is CC1(C)c2ccccc2-c2ccc(-c3cc(-c4nc(-c5ccccc5)nc(-c5ccc6c(c5)sc5ccccc56)n4)cc4oc5ccccc5c34)cc21. The molecule has 0 amide bonds. The van der Waals surface area contributed by atoms with E-state index in [1.165, 1.54) is 42.4 Å². The number of hydrogen-bond donors (Lipinski definition) is 0. The lowest BCUT2D eigenvalue weighted by Crippen LogP contribution is -2.14. The fraction of sp³-hybridized carbons (Fsp3) is 0.0625. The van der Waals surface area contributed by atoms with Crippen LogP contribution in [0.1, 0.15) is 25.0 Å². The number of fused-ring (bicyclic) bond motifs is 9. The summed E-state index contributed by atoms with van der Waals surface area (Å²) in [5.74, 6) is 1.87. The first-order valence-corrected chi connectivity index (χ1v) is 18.7. The van der Waals surface area contributed by atoms with Crippen molar-refractivity contribution in [1.82, 2.24) is 15.0 Å². The van der Waals surface area contributed by atoms with Crippen molar-refractivity contribution in [3.05, 3.63) is 163 Å². The molecule has 3 aromatic heterocycles. The lowest BCUT2D eigenvalue weighted by atomic mass is 9.81. The van der Waals surface area contributed by atoms with Gasteiger partial charge in [0.15, 0.2) is 17.5 Å². The largest absolute Gasteiger partial charge is 0.456 e. The fourth-order valence-corrected chi connectivity index (χ4v) is 9.44. The van der Waals surface area contributed by atoms with Crippen LogP contribution in [0.15, 0.2) is 156 Å². The van der Waals surface area contributed by atoms with Gasteiger partial charge in [0, 0.05) is 53.1 Å². The third kappa shape index (κ3) is 4.64. The van der Waals surface area contributed by atoms with E-state index in [4.69, 9.17) is 19.4 Å². The predicted octanol–water partition coefficient (Wildman–Crippen LogP) is 13.1. The van der Waals surface area contributed by atoms with Crippen molar-refractivity contribution in [2.45, 2.75) is 19.3 Å². The third-order valence-corrected chi connectivity index (χ3v) is 12.1. The van der Waals surface area contributed by atoms with Crippen LogP contribution in [-0.2, 0) is 5.41 Å². The molecule has 0 saturated carbocycles. The van der Waals surface area contributed by atoms with Crippen LogP contribution in [0, 0.1) is 0 Å². The normalized spacial score (nSPS) is 13.2. The molecule has 5 heteroatoms. The van der Waals surface area contributed by atoms with Gasteiger partial charge in [0.2, 0.25) is 0 Å². The minimum atomic E-state index is -0.125. The molecule has 0 unspecified atom stereocenters. The van der Waals surface area contributed by atoms with E-state index in [0.717, 1.165) is 49.8 Å². The summed E-state index contributed by atoms with van der Waals surface area (Å²) in [7, 11) is 0. The second-order valence-electron chi connectivity index (χ2n) is 14.4. The van der Waals surface area contributed by atoms with Gasteiger partial charge < -0.3 is 4.42 Å². The first kappa shape index (κ1) is 30.2. The number of aromatic nitrogens is 3. The highest BCUT2D eigenvalue weighted by atomic mass is 32.1. The van der Waals surface area contributed by atoms with Crippen LogP contribution in [0.25, 0.3) is 98.5 Å². The summed E-state index contributed by atoms with van der Waals surface area (Å²) in [4.78, 5) is 15.4. The van der Waals surface area contributed by atoms with Gasteiger partial charge in [0.05, 0.1) is 0 Å². The molecule has 0 fully saturated rings. The quantitative estimate of drug-likeness (QED) is 0.184. The number of thiophene rings is 1. The van der Waals surface area contributed by atoms with E-state index < -0.39 is 0 Å². The Hall–Kier alpha value is -6.43. The molecule has 1 aliphatic rings. The second kappa shape index (κ2) is 11.3. The highest BCUT2D eigenvalue weighted by Crippen LogP contribution is 2.50. The molecule has 53 heavy (non-hydrogen) atoms. The lowest BCUT2D eigenvalue weighted by Gasteiger charge is -2.22. The highest BCUT2D eigenvalue weighted by Gasteiger charge is 2.35. The van der Waals surface area contributed by atoms with Gasteiger partial charge in [-0.25, -0.2) is 15.0 Å². The maximum atomic E-state index is 6.60. The molecule has 0 spiro atoms. The van der Waals surface area contributed by atoms with Gasteiger partial charge >= 0.3 is 0 Å². The monoisotopic (exact) mass is 697 g/mol. The molecule has 0 bridgehead atoms. The van der Waals surface area contributed by atoms with E-state index in [9.17, 15) is 0 Å². The Morgan fingerprint density at radius 3 is 1.96 bits per heavy atom. The van der Waals surface area contributed by atoms with E-state index in [-0.39, 0.29) is 5.41 Å². The van der Waals surface area contributed by atoms with Gasteiger partial charge in [-0.15, -0.1) is 11.3 Å². The number of hydrogen-bond acceptors (Lipinski definition) is 5. The Balaban J connectivity index is 1.14. The number of furan rings is 1. The Labute approximate surface area is 310 Å². The molecule has 7 aromatic carbocycles. The van der Waals surface area contributed by atoms with Crippen molar-refractivity contribution in [3.63, 3.8) is 0 Å². The van der Waals surface area contributed by atoms with Crippen molar-refractivity contribution in [1.29, 1.82) is 0 Å². The summed E-state index contributed by atoms with van der Waals surface area (Å²) >= 11 is 1.80. The maximum absolute atomic E-state index is 6.60. The summed E-state index contributed by atoms with van der Waals surface area (Å²) in [5, 5.41) is 4.69. The first-order chi connectivity index (χ1) is 26.0. The molecule has 0 saturated heterocycles. The molecule has 0 aliphatic heterocycles. The average molecular weight is 698 g/mol. The minimum Gasteiger partial charge on any atom is -0.456 e. The van der Waals surface area contributed by atoms with E-state index in [1.54, 1.807) is 11.3 Å². The van der Waals surface area contributed by atoms with Crippen LogP contribution in [0.2, 0.25) is 0 Å². The smallest absolute Gasteiger partial charge is 0.164 e. The molecule has 0 N–H and O–H groups in total. The van der Waals surface area contributed by atoms with Crippen LogP contribution >= 0.6 is 11.3 Å². The number of benzene rings is 7. The van der Waals surface area contributed by atoms with Gasteiger partial charge in [-0.2, -0.15) is 0 Å². The minimum absolute atomic E-state index is 0.125. The third-order valence-electron chi connectivity index (χ3n) is 10.9. The molecule has 11 rings (SSSR count). The Bertz CT molecular complexity index is 3100. The fourth-order valence-electron chi connectivity index (χ4n) is 8.30.